The molecule has 0 fully saturated rings. The predicted octanol–water partition coefficient (Wildman–Crippen LogP) is 25.3. The molecule has 0 bridgehead atoms. The zero-order chi connectivity index (χ0) is 60.5. The minimum atomic E-state index is 0.289. The zero-order valence-corrected chi connectivity index (χ0v) is 53.7. The van der Waals surface area contributed by atoms with E-state index in [0.717, 1.165) is 61.3 Å². The molecule has 0 saturated carbocycles. The van der Waals surface area contributed by atoms with Gasteiger partial charge in [0, 0.05) is 27.9 Å². The largest absolute Gasteiger partial charge is 0.398 e. The first-order valence-electron chi connectivity index (χ1n) is 31.8. The van der Waals surface area contributed by atoms with Crippen LogP contribution < -0.4 is 5.73 Å². The highest BCUT2D eigenvalue weighted by atomic mass is 14.6. The lowest BCUT2D eigenvalue weighted by Crippen LogP contribution is -2.06. The Morgan fingerprint density at radius 1 is 0.176 bits per heavy atom. The van der Waals surface area contributed by atoms with E-state index in [1.165, 1.54) is 89.0 Å². The molecule has 0 aliphatic carbocycles. The summed E-state index contributed by atoms with van der Waals surface area (Å²) in [4.78, 5) is 0. The van der Waals surface area contributed by atoms with Crippen LogP contribution in [0, 0.1) is 0 Å². The summed E-state index contributed by atoms with van der Waals surface area (Å²) >= 11 is 0. The van der Waals surface area contributed by atoms with Crippen LogP contribution in [-0.2, 0) is 0 Å². The van der Waals surface area contributed by atoms with E-state index in [0.29, 0.717) is 0 Å². The Labute approximate surface area is 511 Å². The number of rotatable bonds is 17. The number of nitrogen functional groups attached to an aromatic ring is 1. The number of anilines is 1. The average Bonchev–Trinajstić information content (AvgIpc) is 2.17. The normalized spacial score (nSPS) is 12.0. The molecule has 0 spiro atoms. The number of hydrogen-bond acceptors (Lipinski definition) is 1. The standard InChI is InChI=1S/C84H91N/c1-50(2)67-36-26-37-68(51(3)4)75(67)61-44-62(76-69(52(5)6)38-27-39-70(76)53(7)8)47-65(46-61)82-80(59-32-22-18-23-33-59)79(58-30-20-17-21-31-58)81(60-34-24-19-25-35-60)83(84(82)85)66-48-63(77-71(54(9)10)40-28-41-72(77)55(11)12)45-64(49-66)78-73(56(13)14)42-29-43-74(78)57(15)16/h17-57H,85H2,1-16H3. The van der Waals surface area contributed by atoms with Gasteiger partial charge in [-0.15, -0.1) is 0 Å². The molecule has 10 aromatic carbocycles. The summed E-state index contributed by atoms with van der Waals surface area (Å²) < 4.78 is 0. The molecule has 432 valence electrons. The Bertz CT molecular complexity index is 3490. The first-order chi connectivity index (χ1) is 40.8. The quantitative estimate of drug-likeness (QED) is 0.0904. The fourth-order valence-electron chi connectivity index (χ4n) is 13.7. The maximum Gasteiger partial charge on any atom is 0.0486 e. The molecule has 0 aliphatic rings. The molecule has 0 aromatic heterocycles. The molecular formula is C84H91N. The second kappa shape index (κ2) is 25.3. The second-order valence-electron chi connectivity index (χ2n) is 26.5. The molecule has 0 aliphatic heterocycles. The SMILES string of the molecule is CC(C)c1cccc(C(C)C)c1-c1cc(-c2c(C(C)C)cccc2C(C)C)cc(-c2c(N)c(-c3cc(-c4c(C(C)C)cccc4C(C)C)cc(-c4c(C(C)C)cccc4C(C)C)c3)c(-c3ccccc3)c(-c3ccccc3)c2-c2ccccc2)c1. The summed E-state index contributed by atoms with van der Waals surface area (Å²) in [6.45, 7) is 37.6. The summed E-state index contributed by atoms with van der Waals surface area (Å²) in [5, 5.41) is 0. The first-order valence-corrected chi connectivity index (χ1v) is 31.8. The van der Waals surface area contributed by atoms with Crippen molar-refractivity contribution in [1.82, 2.24) is 0 Å². The van der Waals surface area contributed by atoms with E-state index >= 15 is 0 Å². The Morgan fingerprint density at radius 2 is 0.341 bits per heavy atom. The molecular weight excluding hydrogens is 1020 g/mol. The van der Waals surface area contributed by atoms with Crippen molar-refractivity contribution in [3.05, 3.63) is 245 Å². The van der Waals surface area contributed by atoms with Gasteiger partial charge in [-0.05, 0) is 206 Å². The molecule has 0 saturated heterocycles. The van der Waals surface area contributed by atoms with Crippen molar-refractivity contribution in [2.24, 2.45) is 0 Å². The van der Waals surface area contributed by atoms with Gasteiger partial charge < -0.3 is 5.73 Å². The summed E-state index contributed by atoms with van der Waals surface area (Å²) in [6.07, 6.45) is 0. The van der Waals surface area contributed by atoms with Crippen molar-refractivity contribution >= 4 is 5.69 Å². The summed E-state index contributed by atoms with van der Waals surface area (Å²) in [7, 11) is 0. The van der Waals surface area contributed by atoms with Gasteiger partial charge in [0.25, 0.3) is 0 Å². The molecule has 0 amide bonds. The lowest BCUT2D eigenvalue weighted by Gasteiger charge is -2.29. The Balaban J connectivity index is 1.50. The van der Waals surface area contributed by atoms with Crippen LogP contribution in [0.5, 0.6) is 0 Å². The van der Waals surface area contributed by atoms with E-state index in [1.54, 1.807) is 0 Å². The number of hydrogen-bond donors (Lipinski definition) is 1. The van der Waals surface area contributed by atoms with E-state index in [2.05, 4.69) is 311 Å². The molecule has 2 N–H and O–H groups in total. The van der Waals surface area contributed by atoms with Gasteiger partial charge in [-0.25, -0.2) is 0 Å². The molecule has 0 radical (unpaired) electrons. The van der Waals surface area contributed by atoms with Gasteiger partial charge in [0.05, 0.1) is 0 Å². The van der Waals surface area contributed by atoms with E-state index in [1.807, 2.05) is 0 Å². The van der Waals surface area contributed by atoms with Gasteiger partial charge in [0.1, 0.15) is 0 Å². The number of nitrogens with two attached hydrogens (primary N) is 1. The Morgan fingerprint density at radius 3 is 0.518 bits per heavy atom. The third-order valence-electron chi connectivity index (χ3n) is 17.8. The van der Waals surface area contributed by atoms with Crippen LogP contribution in [0.15, 0.2) is 200 Å². The molecule has 85 heavy (non-hydrogen) atoms. The summed E-state index contributed by atoms with van der Waals surface area (Å²) in [6, 6.07) is 76.4. The fourth-order valence-corrected chi connectivity index (χ4v) is 13.7. The fraction of sp³-hybridized carbons (Fsp3) is 0.286. The highest BCUT2D eigenvalue weighted by Crippen LogP contribution is 2.57. The van der Waals surface area contributed by atoms with Gasteiger partial charge in [-0.3, -0.25) is 0 Å². The highest BCUT2D eigenvalue weighted by Gasteiger charge is 2.31. The van der Waals surface area contributed by atoms with Crippen LogP contribution in [0.4, 0.5) is 5.69 Å². The van der Waals surface area contributed by atoms with E-state index < -0.39 is 0 Å². The summed E-state index contributed by atoms with van der Waals surface area (Å²) in [5.74, 6) is 2.31. The lowest BCUT2D eigenvalue weighted by molar-refractivity contribution is 0.836. The molecule has 0 atom stereocenters. The van der Waals surface area contributed by atoms with Crippen LogP contribution in [0.25, 0.3) is 100 Å². The van der Waals surface area contributed by atoms with Crippen molar-refractivity contribution in [3.8, 4) is 100 Å². The second-order valence-corrected chi connectivity index (χ2v) is 26.5. The van der Waals surface area contributed by atoms with Crippen molar-refractivity contribution in [1.29, 1.82) is 0 Å². The van der Waals surface area contributed by atoms with E-state index in [4.69, 9.17) is 5.73 Å². The molecule has 10 aromatic rings. The van der Waals surface area contributed by atoms with Crippen LogP contribution in [0.3, 0.4) is 0 Å². The topological polar surface area (TPSA) is 26.0 Å². The van der Waals surface area contributed by atoms with Crippen LogP contribution in [0.1, 0.15) is 203 Å². The van der Waals surface area contributed by atoms with E-state index in [9.17, 15) is 0 Å². The van der Waals surface area contributed by atoms with E-state index in [-0.39, 0.29) is 47.3 Å². The van der Waals surface area contributed by atoms with Crippen LogP contribution in [0.2, 0.25) is 0 Å². The van der Waals surface area contributed by atoms with Gasteiger partial charge in [-0.1, -0.05) is 275 Å². The van der Waals surface area contributed by atoms with Gasteiger partial charge in [0.15, 0.2) is 0 Å². The molecule has 0 unspecified atom stereocenters. The first kappa shape index (κ1) is 60.1. The Hall–Kier alpha value is -8.00. The van der Waals surface area contributed by atoms with Gasteiger partial charge in [0.2, 0.25) is 0 Å². The van der Waals surface area contributed by atoms with Crippen molar-refractivity contribution in [3.63, 3.8) is 0 Å². The lowest BCUT2D eigenvalue weighted by atomic mass is 9.75. The van der Waals surface area contributed by atoms with Gasteiger partial charge >= 0.3 is 0 Å². The van der Waals surface area contributed by atoms with Crippen molar-refractivity contribution in [2.45, 2.75) is 158 Å². The smallest absolute Gasteiger partial charge is 0.0486 e. The van der Waals surface area contributed by atoms with Crippen molar-refractivity contribution in [2.75, 3.05) is 5.73 Å². The Kier molecular flexibility index (Phi) is 17.9. The van der Waals surface area contributed by atoms with Crippen LogP contribution in [-0.4, -0.2) is 0 Å². The average molecular weight is 1110 g/mol. The molecule has 1 nitrogen and oxygen atoms in total. The van der Waals surface area contributed by atoms with Gasteiger partial charge in [-0.2, -0.15) is 0 Å². The minimum absolute atomic E-state index is 0.289. The summed E-state index contributed by atoms with van der Waals surface area (Å²) in [5.41, 5.74) is 41.4. The number of benzene rings is 10. The van der Waals surface area contributed by atoms with Crippen molar-refractivity contribution < 1.29 is 0 Å². The molecule has 0 heterocycles. The van der Waals surface area contributed by atoms with Crippen LogP contribution >= 0.6 is 0 Å². The maximum atomic E-state index is 8.65. The maximum absolute atomic E-state index is 8.65. The third-order valence-corrected chi connectivity index (χ3v) is 17.8. The highest BCUT2D eigenvalue weighted by molar-refractivity contribution is 6.14. The third kappa shape index (κ3) is 11.8. The minimum Gasteiger partial charge on any atom is -0.398 e. The monoisotopic (exact) mass is 1110 g/mol. The molecule has 1 heteroatoms. The molecule has 10 rings (SSSR count). The zero-order valence-electron chi connectivity index (χ0n) is 53.7. The predicted molar refractivity (Wildman–Crippen MR) is 372 cm³/mol.